The van der Waals surface area contributed by atoms with Gasteiger partial charge >= 0.3 is 0 Å². The number of carbonyl (C=O) groups excluding carboxylic acids is 1. The number of aromatic nitrogens is 1. The van der Waals surface area contributed by atoms with Gasteiger partial charge in [0.25, 0.3) is 5.91 Å². The molecule has 1 aliphatic heterocycles. The van der Waals surface area contributed by atoms with Gasteiger partial charge in [0, 0.05) is 20.1 Å². The van der Waals surface area contributed by atoms with Crippen LogP contribution in [0.5, 0.6) is 0 Å². The third kappa shape index (κ3) is 3.29. The number of ether oxygens (including phenoxy) is 1. The van der Waals surface area contributed by atoms with Crippen LogP contribution in [-0.2, 0) is 4.74 Å². The largest absolute Gasteiger partial charge is 0.382 e. The summed E-state index contributed by atoms with van der Waals surface area (Å²) in [5, 5.41) is 0.795. The molecule has 21 heavy (non-hydrogen) atoms. The number of hydrogen-bond acceptors (Lipinski definition) is 6. The molecule has 1 aromatic heterocycles. The standard InChI is InChI=1S/C14H24N4O2S/c1-5-6-17(4)13-16-11(15)10(21-13)12(19)18-7-8-20-9-14(18,2)3/h5-9,15H2,1-4H3. The molecule has 0 aliphatic carbocycles. The van der Waals surface area contributed by atoms with Crippen LogP contribution in [0.4, 0.5) is 10.9 Å². The van der Waals surface area contributed by atoms with Gasteiger partial charge in [-0.15, -0.1) is 0 Å². The zero-order chi connectivity index (χ0) is 15.6. The Hall–Kier alpha value is -1.34. The summed E-state index contributed by atoms with van der Waals surface area (Å²) in [6.45, 7) is 8.70. The minimum absolute atomic E-state index is 0.0468. The van der Waals surface area contributed by atoms with Crippen LogP contribution < -0.4 is 10.6 Å². The molecule has 2 rings (SSSR count). The van der Waals surface area contributed by atoms with Crippen molar-refractivity contribution in [3.8, 4) is 0 Å². The van der Waals surface area contributed by atoms with Crippen molar-refractivity contribution in [3.05, 3.63) is 4.88 Å². The number of carbonyl (C=O) groups is 1. The van der Waals surface area contributed by atoms with E-state index in [9.17, 15) is 4.79 Å². The lowest BCUT2D eigenvalue weighted by Crippen LogP contribution is -2.55. The van der Waals surface area contributed by atoms with E-state index in [2.05, 4.69) is 11.9 Å². The van der Waals surface area contributed by atoms with Crippen LogP contribution in [0.15, 0.2) is 0 Å². The predicted octanol–water partition coefficient (Wildman–Crippen LogP) is 1.82. The maximum absolute atomic E-state index is 12.8. The number of rotatable bonds is 4. The molecule has 0 bridgehead atoms. The number of anilines is 2. The highest BCUT2D eigenvalue weighted by Gasteiger charge is 2.36. The van der Waals surface area contributed by atoms with Gasteiger partial charge in [0.05, 0.1) is 18.8 Å². The van der Waals surface area contributed by atoms with E-state index in [1.165, 1.54) is 11.3 Å². The fraction of sp³-hybridized carbons (Fsp3) is 0.714. The fourth-order valence-corrected chi connectivity index (χ4v) is 3.35. The smallest absolute Gasteiger partial charge is 0.268 e. The minimum Gasteiger partial charge on any atom is -0.382 e. The first-order chi connectivity index (χ1) is 9.86. The second kappa shape index (κ2) is 6.19. The lowest BCUT2D eigenvalue weighted by Gasteiger charge is -2.41. The van der Waals surface area contributed by atoms with Crippen LogP contribution in [0.3, 0.4) is 0 Å². The summed E-state index contributed by atoms with van der Waals surface area (Å²) in [6.07, 6.45) is 1.02. The molecule has 2 heterocycles. The average molecular weight is 312 g/mol. The van der Waals surface area contributed by atoms with Crippen molar-refractivity contribution in [1.82, 2.24) is 9.88 Å². The predicted molar refractivity (Wildman–Crippen MR) is 86.0 cm³/mol. The lowest BCUT2D eigenvalue weighted by molar-refractivity contribution is -0.0368. The Morgan fingerprint density at radius 3 is 2.90 bits per heavy atom. The highest BCUT2D eigenvalue weighted by molar-refractivity contribution is 7.18. The summed E-state index contributed by atoms with van der Waals surface area (Å²) in [5.41, 5.74) is 5.65. The summed E-state index contributed by atoms with van der Waals surface area (Å²) >= 11 is 1.37. The molecule has 1 aliphatic rings. The van der Waals surface area contributed by atoms with Crippen molar-refractivity contribution < 1.29 is 9.53 Å². The second-order valence-corrected chi connectivity index (χ2v) is 6.93. The van der Waals surface area contributed by atoms with Crippen LogP contribution in [0.2, 0.25) is 0 Å². The van der Waals surface area contributed by atoms with Crippen molar-refractivity contribution in [1.29, 1.82) is 0 Å². The molecule has 0 saturated carbocycles. The molecular weight excluding hydrogens is 288 g/mol. The normalized spacial score (nSPS) is 17.8. The first kappa shape index (κ1) is 16.0. The topological polar surface area (TPSA) is 71.7 Å². The molecule has 2 N–H and O–H groups in total. The van der Waals surface area contributed by atoms with Gasteiger partial charge in [0.15, 0.2) is 5.13 Å². The molecule has 6 nitrogen and oxygen atoms in total. The summed E-state index contributed by atoms with van der Waals surface area (Å²) in [6, 6.07) is 0. The van der Waals surface area contributed by atoms with Crippen LogP contribution in [0, 0.1) is 0 Å². The monoisotopic (exact) mass is 312 g/mol. The third-order valence-electron chi connectivity index (χ3n) is 3.61. The van der Waals surface area contributed by atoms with E-state index in [1.807, 2.05) is 30.7 Å². The molecule has 1 amide bonds. The Morgan fingerprint density at radius 1 is 1.57 bits per heavy atom. The molecule has 0 unspecified atom stereocenters. The van der Waals surface area contributed by atoms with Crippen LogP contribution in [0.25, 0.3) is 0 Å². The Balaban J connectivity index is 2.23. The Labute approximate surface area is 129 Å². The van der Waals surface area contributed by atoms with Gasteiger partial charge in [-0.3, -0.25) is 4.79 Å². The molecule has 0 spiro atoms. The van der Waals surface area contributed by atoms with Crippen molar-refractivity contribution in [2.24, 2.45) is 0 Å². The van der Waals surface area contributed by atoms with Crippen LogP contribution in [0.1, 0.15) is 36.9 Å². The van der Waals surface area contributed by atoms with Gasteiger partial charge in [0.1, 0.15) is 10.7 Å². The number of amides is 1. The van der Waals surface area contributed by atoms with E-state index >= 15 is 0 Å². The van der Waals surface area contributed by atoms with Crippen LogP contribution in [-0.4, -0.2) is 54.7 Å². The number of nitrogens with zero attached hydrogens (tertiary/aromatic N) is 3. The van der Waals surface area contributed by atoms with Crippen molar-refractivity contribution in [3.63, 3.8) is 0 Å². The maximum Gasteiger partial charge on any atom is 0.268 e. The summed E-state index contributed by atoms with van der Waals surface area (Å²) < 4.78 is 5.46. The molecule has 1 fully saturated rings. The number of nitrogen functional groups attached to an aromatic ring is 1. The average Bonchev–Trinajstić information content (AvgIpc) is 2.80. The zero-order valence-corrected chi connectivity index (χ0v) is 14.0. The number of morpholine rings is 1. The SMILES string of the molecule is CCCN(C)c1nc(N)c(C(=O)N2CCOCC2(C)C)s1. The van der Waals surface area contributed by atoms with Gasteiger partial charge in [-0.05, 0) is 20.3 Å². The van der Waals surface area contributed by atoms with E-state index in [1.54, 1.807) is 0 Å². The summed E-state index contributed by atoms with van der Waals surface area (Å²) in [4.78, 5) is 21.5. The highest BCUT2D eigenvalue weighted by Crippen LogP contribution is 2.31. The lowest BCUT2D eigenvalue weighted by atomic mass is 10.0. The molecule has 1 saturated heterocycles. The maximum atomic E-state index is 12.8. The Kier molecular flexibility index (Phi) is 4.73. The number of thiazole rings is 1. The van der Waals surface area contributed by atoms with E-state index in [0.29, 0.717) is 30.5 Å². The van der Waals surface area contributed by atoms with Gasteiger partial charge in [-0.2, -0.15) is 0 Å². The molecule has 0 atom stereocenters. The third-order valence-corrected chi connectivity index (χ3v) is 4.79. The van der Waals surface area contributed by atoms with Crippen LogP contribution >= 0.6 is 11.3 Å². The van der Waals surface area contributed by atoms with E-state index < -0.39 is 0 Å². The van der Waals surface area contributed by atoms with E-state index in [0.717, 1.165) is 18.1 Å². The van der Waals surface area contributed by atoms with Crippen molar-refractivity contribution in [2.75, 3.05) is 44.0 Å². The zero-order valence-electron chi connectivity index (χ0n) is 13.2. The van der Waals surface area contributed by atoms with Crippen molar-refractivity contribution in [2.45, 2.75) is 32.7 Å². The second-order valence-electron chi connectivity index (χ2n) is 5.95. The molecule has 0 aromatic carbocycles. The van der Waals surface area contributed by atoms with E-state index in [4.69, 9.17) is 10.5 Å². The highest BCUT2D eigenvalue weighted by atomic mass is 32.1. The van der Waals surface area contributed by atoms with Crippen molar-refractivity contribution >= 4 is 28.2 Å². The van der Waals surface area contributed by atoms with Gasteiger partial charge in [-0.1, -0.05) is 18.3 Å². The Bertz CT molecular complexity index is 515. The first-order valence-electron chi connectivity index (χ1n) is 7.24. The van der Waals surface area contributed by atoms with Gasteiger partial charge < -0.3 is 20.3 Å². The summed E-state index contributed by atoms with van der Waals surface area (Å²) in [7, 11) is 1.97. The number of hydrogen-bond donors (Lipinski definition) is 1. The van der Waals surface area contributed by atoms with Gasteiger partial charge in [0.2, 0.25) is 0 Å². The fourth-order valence-electron chi connectivity index (χ4n) is 2.43. The number of nitrogens with two attached hydrogens (primary N) is 1. The quantitative estimate of drug-likeness (QED) is 0.918. The van der Waals surface area contributed by atoms with E-state index in [-0.39, 0.29) is 11.4 Å². The molecular formula is C14H24N4O2S. The molecule has 118 valence electrons. The van der Waals surface area contributed by atoms with Gasteiger partial charge in [-0.25, -0.2) is 4.98 Å². The molecule has 0 radical (unpaired) electrons. The Morgan fingerprint density at radius 2 is 2.29 bits per heavy atom. The first-order valence-corrected chi connectivity index (χ1v) is 8.05. The minimum atomic E-state index is -0.318. The molecule has 7 heteroatoms. The summed E-state index contributed by atoms with van der Waals surface area (Å²) in [5.74, 6) is 0.277. The molecule has 1 aromatic rings.